The van der Waals surface area contributed by atoms with Crippen LogP contribution in [-0.2, 0) is 23.0 Å². The van der Waals surface area contributed by atoms with Gasteiger partial charge in [0, 0.05) is 12.3 Å². The third-order valence-corrected chi connectivity index (χ3v) is 3.71. The van der Waals surface area contributed by atoms with Crippen molar-refractivity contribution in [1.29, 1.82) is 0 Å². The Morgan fingerprint density at radius 3 is 2.71 bits per heavy atom. The number of nitrogens with one attached hydrogen (secondary N) is 1. The van der Waals surface area contributed by atoms with Crippen molar-refractivity contribution < 1.29 is 17.9 Å². The summed E-state index contributed by atoms with van der Waals surface area (Å²) in [6, 6.07) is 10.7. The lowest BCUT2D eigenvalue weighted by Crippen LogP contribution is -2.10. The first kappa shape index (κ1) is 15.6. The van der Waals surface area contributed by atoms with Gasteiger partial charge in [-0.3, -0.25) is 0 Å². The highest BCUT2D eigenvalue weighted by atomic mass is 32.2. The van der Waals surface area contributed by atoms with E-state index in [1.165, 1.54) is 6.07 Å². The van der Waals surface area contributed by atoms with Gasteiger partial charge < -0.3 is 14.8 Å². The van der Waals surface area contributed by atoms with E-state index in [-0.39, 0.29) is 11.7 Å². The third kappa shape index (κ3) is 4.59. The molecule has 0 fully saturated rings. The minimum Gasteiger partial charge on any atom is -0.446 e. The van der Waals surface area contributed by atoms with Crippen LogP contribution in [0.2, 0.25) is 0 Å². The van der Waals surface area contributed by atoms with Crippen LogP contribution in [0.15, 0.2) is 45.9 Å². The lowest BCUT2D eigenvalue weighted by molar-refractivity contribution is 0.288. The second-order valence-electron chi connectivity index (χ2n) is 4.65. The van der Waals surface area contributed by atoms with E-state index in [0.717, 1.165) is 24.1 Å². The Morgan fingerprint density at radius 2 is 2.05 bits per heavy atom. The van der Waals surface area contributed by atoms with Crippen LogP contribution in [0.3, 0.4) is 0 Å². The van der Waals surface area contributed by atoms with Crippen molar-refractivity contribution >= 4 is 15.7 Å². The number of aryl methyl sites for hydroxylation is 1. The molecule has 0 amide bonds. The zero-order valence-corrected chi connectivity index (χ0v) is 12.3. The van der Waals surface area contributed by atoms with Crippen molar-refractivity contribution in [2.75, 3.05) is 11.9 Å². The highest BCUT2D eigenvalue weighted by Crippen LogP contribution is 2.16. The summed E-state index contributed by atoms with van der Waals surface area (Å²) in [5, 5.41) is 16.7. The maximum Gasteiger partial charge on any atom is 0.271 e. The largest absolute Gasteiger partial charge is 0.446 e. The summed E-state index contributed by atoms with van der Waals surface area (Å²) in [5.74, 6) is 0.486. The Morgan fingerprint density at radius 1 is 1.24 bits per heavy atom. The van der Waals surface area contributed by atoms with Gasteiger partial charge in [-0.05, 0) is 42.7 Å². The third-order valence-electron chi connectivity index (χ3n) is 2.93. The second-order valence-corrected chi connectivity index (χ2v) is 6.14. The van der Waals surface area contributed by atoms with Crippen LogP contribution in [0.5, 0.6) is 0 Å². The molecule has 7 heteroatoms. The smallest absolute Gasteiger partial charge is 0.271 e. The van der Waals surface area contributed by atoms with Crippen molar-refractivity contribution in [3.8, 4) is 0 Å². The highest BCUT2D eigenvalue weighted by Gasteiger charge is 2.12. The molecule has 0 atom stereocenters. The van der Waals surface area contributed by atoms with Crippen molar-refractivity contribution in [2.24, 2.45) is 5.14 Å². The quantitative estimate of drug-likeness (QED) is 0.718. The Labute approximate surface area is 123 Å². The van der Waals surface area contributed by atoms with Gasteiger partial charge in [0.05, 0.1) is 6.54 Å². The fourth-order valence-electron chi connectivity index (χ4n) is 1.92. The van der Waals surface area contributed by atoms with Gasteiger partial charge in [0.1, 0.15) is 5.76 Å². The summed E-state index contributed by atoms with van der Waals surface area (Å²) in [6.45, 7) is 0.527. The average molecular weight is 310 g/mol. The van der Waals surface area contributed by atoms with Gasteiger partial charge in [-0.15, -0.1) is 0 Å². The van der Waals surface area contributed by atoms with Gasteiger partial charge in [-0.2, -0.15) is 0 Å². The predicted octanol–water partition coefficient (Wildman–Crippen LogP) is 1.46. The van der Waals surface area contributed by atoms with Crippen LogP contribution in [-0.4, -0.2) is 20.1 Å². The first-order valence-electron chi connectivity index (χ1n) is 6.54. The Kier molecular flexibility index (Phi) is 5.00. The molecule has 0 aliphatic heterocycles. The number of anilines is 1. The summed E-state index contributed by atoms with van der Waals surface area (Å²) in [4.78, 5) is 0. The fourth-order valence-corrected chi connectivity index (χ4v) is 2.40. The molecule has 0 aliphatic carbocycles. The molecule has 2 rings (SSSR count). The average Bonchev–Trinajstić information content (AvgIpc) is 2.92. The molecule has 21 heavy (non-hydrogen) atoms. The van der Waals surface area contributed by atoms with Crippen LogP contribution in [0.4, 0.5) is 5.69 Å². The monoisotopic (exact) mass is 310 g/mol. The molecule has 114 valence electrons. The van der Waals surface area contributed by atoms with Crippen molar-refractivity contribution in [1.82, 2.24) is 0 Å². The Balaban J connectivity index is 1.98. The van der Waals surface area contributed by atoms with Gasteiger partial charge in [-0.1, -0.05) is 12.1 Å². The van der Waals surface area contributed by atoms with E-state index in [0.29, 0.717) is 12.3 Å². The zero-order valence-electron chi connectivity index (χ0n) is 11.5. The number of nitrogens with two attached hydrogens (primary N) is 1. The molecule has 0 saturated carbocycles. The molecule has 6 nitrogen and oxygen atoms in total. The van der Waals surface area contributed by atoms with Crippen molar-refractivity contribution in [2.45, 2.75) is 24.5 Å². The number of rotatable bonds is 7. The first-order valence-corrected chi connectivity index (χ1v) is 8.09. The lowest BCUT2D eigenvalue weighted by Gasteiger charge is -2.07. The summed E-state index contributed by atoms with van der Waals surface area (Å²) in [5.41, 5.74) is 2.03. The van der Waals surface area contributed by atoms with Crippen molar-refractivity contribution in [3.63, 3.8) is 0 Å². The van der Waals surface area contributed by atoms with Gasteiger partial charge >= 0.3 is 0 Å². The molecule has 0 saturated heterocycles. The Hall–Kier alpha value is -1.83. The topological polar surface area (TPSA) is 106 Å². The molecule has 0 aliphatic rings. The van der Waals surface area contributed by atoms with Gasteiger partial charge in [0.15, 0.2) is 0 Å². The SMILES string of the molecule is NS(=O)(=O)c1ccc(CNc2cccc(CCCO)c2)o1. The van der Waals surface area contributed by atoms with Gasteiger partial charge in [-0.25, -0.2) is 13.6 Å². The fraction of sp³-hybridized carbons (Fsp3) is 0.286. The molecule has 4 N–H and O–H groups in total. The van der Waals surface area contributed by atoms with E-state index in [9.17, 15) is 8.42 Å². The predicted molar refractivity (Wildman–Crippen MR) is 79.3 cm³/mol. The Bertz CT molecular complexity index is 695. The van der Waals surface area contributed by atoms with Crippen LogP contribution in [0, 0.1) is 0 Å². The minimum absolute atomic E-state index is 0.167. The van der Waals surface area contributed by atoms with E-state index >= 15 is 0 Å². The summed E-state index contributed by atoms with van der Waals surface area (Å²) < 4.78 is 27.4. The van der Waals surface area contributed by atoms with E-state index in [1.54, 1.807) is 6.07 Å². The van der Waals surface area contributed by atoms with Gasteiger partial charge in [0.25, 0.3) is 10.0 Å². The minimum atomic E-state index is -3.80. The van der Waals surface area contributed by atoms with E-state index in [4.69, 9.17) is 14.7 Å². The number of aliphatic hydroxyl groups is 1. The standard InChI is InChI=1S/C14H18N2O4S/c15-21(18,19)14-7-6-13(20-14)10-16-12-5-1-3-11(9-12)4-2-8-17/h1,3,5-7,9,16-17H,2,4,8,10H2,(H2,15,18,19). The molecule has 0 bridgehead atoms. The molecule has 1 heterocycles. The van der Waals surface area contributed by atoms with Crippen molar-refractivity contribution in [3.05, 3.63) is 47.7 Å². The highest BCUT2D eigenvalue weighted by molar-refractivity contribution is 7.89. The number of furan rings is 1. The molecule has 1 aromatic heterocycles. The van der Waals surface area contributed by atoms with E-state index in [2.05, 4.69) is 5.32 Å². The molecule has 1 aromatic carbocycles. The molecule has 0 unspecified atom stereocenters. The molecule has 0 radical (unpaired) electrons. The maximum atomic E-state index is 11.1. The second kappa shape index (κ2) is 6.75. The van der Waals surface area contributed by atoms with Gasteiger partial charge in [0.2, 0.25) is 5.09 Å². The number of hydrogen-bond acceptors (Lipinski definition) is 5. The first-order chi connectivity index (χ1) is 9.99. The summed E-state index contributed by atoms with van der Waals surface area (Å²) in [6.07, 6.45) is 1.53. The van der Waals surface area contributed by atoms with E-state index in [1.807, 2.05) is 24.3 Å². The van der Waals surface area contributed by atoms with E-state index < -0.39 is 10.0 Å². The normalized spacial score (nSPS) is 11.5. The lowest BCUT2D eigenvalue weighted by atomic mass is 10.1. The number of aliphatic hydroxyl groups excluding tert-OH is 1. The number of hydrogen-bond donors (Lipinski definition) is 3. The van der Waals surface area contributed by atoms with Crippen LogP contribution < -0.4 is 10.5 Å². The molecule has 0 spiro atoms. The number of primary sulfonamides is 1. The zero-order chi connectivity index (χ0) is 15.3. The number of benzene rings is 1. The summed E-state index contributed by atoms with van der Waals surface area (Å²) in [7, 11) is -3.80. The molecular formula is C14H18N2O4S. The van der Waals surface area contributed by atoms with Crippen LogP contribution in [0.25, 0.3) is 0 Å². The summed E-state index contributed by atoms with van der Waals surface area (Å²) >= 11 is 0. The van der Waals surface area contributed by atoms with Crippen LogP contribution >= 0.6 is 0 Å². The maximum absolute atomic E-state index is 11.1. The molecular weight excluding hydrogens is 292 g/mol. The van der Waals surface area contributed by atoms with Crippen LogP contribution in [0.1, 0.15) is 17.7 Å². The molecule has 2 aromatic rings. The number of sulfonamides is 1.